The van der Waals surface area contributed by atoms with Crippen LogP contribution in [0.1, 0.15) is 31.7 Å². The van der Waals surface area contributed by atoms with Crippen LogP contribution < -0.4 is 5.32 Å². The van der Waals surface area contributed by atoms with Crippen molar-refractivity contribution >= 4 is 5.91 Å². The second-order valence-corrected chi connectivity index (χ2v) is 6.60. The molecule has 0 aromatic heterocycles. The van der Waals surface area contributed by atoms with Crippen LogP contribution in [0, 0.1) is 0 Å². The molecule has 0 bridgehead atoms. The van der Waals surface area contributed by atoms with Crippen molar-refractivity contribution in [2.75, 3.05) is 32.7 Å². The Morgan fingerprint density at radius 3 is 2.41 bits per heavy atom. The first-order valence-corrected chi connectivity index (χ1v) is 8.50. The van der Waals surface area contributed by atoms with E-state index in [0.29, 0.717) is 6.42 Å². The third-order valence-corrected chi connectivity index (χ3v) is 5.06. The average Bonchev–Trinajstić information content (AvgIpc) is 3.35. The topological polar surface area (TPSA) is 35.6 Å². The molecule has 0 spiro atoms. The van der Waals surface area contributed by atoms with Crippen molar-refractivity contribution in [1.29, 1.82) is 0 Å². The smallest absolute Gasteiger partial charge is 0.219 e. The largest absolute Gasteiger partial charge is 0.354 e. The Morgan fingerprint density at radius 1 is 1.14 bits per heavy atom. The Kier molecular flexibility index (Phi) is 4.79. The molecule has 3 rings (SSSR count). The molecule has 1 saturated carbocycles. The van der Waals surface area contributed by atoms with Crippen LogP contribution in [0.4, 0.5) is 0 Å². The fraction of sp³-hybridized carbons (Fsp3) is 0.611. The van der Waals surface area contributed by atoms with E-state index in [-0.39, 0.29) is 11.4 Å². The molecule has 1 aliphatic carbocycles. The second-order valence-electron chi connectivity index (χ2n) is 6.60. The van der Waals surface area contributed by atoms with Gasteiger partial charge in [-0.25, -0.2) is 0 Å². The van der Waals surface area contributed by atoms with Crippen molar-refractivity contribution in [3.8, 4) is 0 Å². The van der Waals surface area contributed by atoms with E-state index >= 15 is 0 Å². The molecule has 22 heavy (non-hydrogen) atoms. The third-order valence-electron chi connectivity index (χ3n) is 5.06. The first kappa shape index (κ1) is 15.5. The van der Waals surface area contributed by atoms with Gasteiger partial charge in [0.1, 0.15) is 0 Å². The molecule has 1 amide bonds. The lowest BCUT2D eigenvalue weighted by Gasteiger charge is -2.40. The molecule has 0 unspecified atom stereocenters. The number of benzene rings is 1. The van der Waals surface area contributed by atoms with Gasteiger partial charge in [-0.1, -0.05) is 37.3 Å². The maximum absolute atomic E-state index is 11.5. The number of piperazine rings is 1. The zero-order valence-corrected chi connectivity index (χ0v) is 13.6. The van der Waals surface area contributed by atoms with E-state index in [2.05, 4.69) is 45.4 Å². The average molecular weight is 301 g/mol. The Labute approximate surface area is 133 Å². The molecule has 1 aliphatic heterocycles. The highest BCUT2D eigenvalue weighted by Crippen LogP contribution is 2.41. The summed E-state index contributed by atoms with van der Waals surface area (Å²) >= 11 is 0. The molecule has 1 heterocycles. The van der Waals surface area contributed by atoms with Crippen molar-refractivity contribution < 1.29 is 4.79 Å². The van der Waals surface area contributed by atoms with Crippen LogP contribution in [0.2, 0.25) is 0 Å². The van der Waals surface area contributed by atoms with Crippen LogP contribution >= 0.6 is 0 Å². The van der Waals surface area contributed by atoms with E-state index in [0.717, 1.165) is 39.3 Å². The summed E-state index contributed by atoms with van der Waals surface area (Å²) in [5.41, 5.74) is 1.66. The third kappa shape index (κ3) is 3.68. The normalized spacial score (nSPS) is 21.5. The van der Waals surface area contributed by atoms with E-state index < -0.39 is 0 Å². The number of hydrogen-bond acceptors (Lipinski definition) is 3. The van der Waals surface area contributed by atoms with Gasteiger partial charge in [0.05, 0.1) is 0 Å². The Balaban J connectivity index is 1.46. The number of rotatable bonds is 6. The van der Waals surface area contributed by atoms with Gasteiger partial charge in [-0.05, 0) is 18.4 Å². The van der Waals surface area contributed by atoms with Crippen molar-refractivity contribution in [2.24, 2.45) is 0 Å². The van der Waals surface area contributed by atoms with Gasteiger partial charge in [-0.2, -0.15) is 0 Å². The maximum atomic E-state index is 11.5. The lowest BCUT2D eigenvalue weighted by molar-refractivity contribution is -0.121. The maximum Gasteiger partial charge on any atom is 0.219 e. The summed E-state index contributed by atoms with van der Waals surface area (Å²) in [6, 6.07) is 10.7. The zero-order chi connectivity index (χ0) is 15.4. The lowest BCUT2D eigenvalue weighted by Crippen LogP contribution is -2.54. The number of amides is 1. The predicted octanol–water partition coefficient (Wildman–Crippen LogP) is 1.86. The van der Waals surface area contributed by atoms with Crippen molar-refractivity contribution in [3.63, 3.8) is 0 Å². The second kappa shape index (κ2) is 6.80. The van der Waals surface area contributed by atoms with Gasteiger partial charge < -0.3 is 5.32 Å². The number of hydrogen-bond donors (Lipinski definition) is 1. The summed E-state index contributed by atoms with van der Waals surface area (Å²) in [5, 5.41) is 3.09. The molecule has 1 aromatic carbocycles. The van der Waals surface area contributed by atoms with Crippen LogP contribution in [0.25, 0.3) is 0 Å². The number of nitrogens with zero attached hydrogens (tertiary/aromatic N) is 2. The van der Waals surface area contributed by atoms with Gasteiger partial charge in [0.2, 0.25) is 5.91 Å². The first-order chi connectivity index (χ1) is 10.7. The first-order valence-electron chi connectivity index (χ1n) is 8.50. The molecule has 1 N–H and O–H groups in total. The van der Waals surface area contributed by atoms with E-state index in [9.17, 15) is 4.79 Å². The molecule has 0 radical (unpaired) electrons. The van der Waals surface area contributed by atoms with Crippen LogP contribution in [0.5, 0.6) is 0 Å². The molecule has 2 fully saturated rings. The summed E-state index contributed by atoms with van der Waals surface area (Å²) in [4.78, 5) is 16.6. The van der Waals surface area contributed by atoms with Crippen molar-refractivity contribution in [2.45, 2.75) is 38.3 Å². The number of nitrogens with one attached hydrogen (secondary N) is 1. The van der Waals surface area contributed by atoms with Gasteiger partial charge in [-0.3, -0.25) is 14.6 Å². The van der Waals surface area contributed by atoms with E-state index in [1.165, 1.54) is 18.4 Å². The van der Waals surface area contributed by atoms with Crippen LogP contribution in [0.3, 0.4) is 0 Å². The fourth-order valence-electron chi connectivity index (χ4n) is 3.36. The summed E-state index contributed by atoms with van der Waals surface area (Å²) in [6.07, 6.45) is 3.05. The van der Waals surface area contributed by atoms with Gasteiger partial charge >= 0.3 is 0 Å². The molecular formula is C18H27N3O. The molecular weight excluding hydrogens is 274 g/mol. The Morgan fingerprint density at radius 2 is 1.82 bits per heavy atom. The minimum atomic E-state index is 0.175. The number of carbonyl (C=O) groups is 1. The predicted molar refractivity (Wildman–Crippen MR) is 88.6 cm³/mol. The van der Waals surface area contributed by atoms with Gasteiger partial charge in [0.25, 0.3) is 0 Å². The highest BCUT2D eigenvalue weighted by atomic mass is 16.1. The minimum absolute atomic E-state index is 0.175. The molecule has 4 nitrogen and oxygen atoms in total. The molecule has 120 valence electrons. The summed E-state index contributed by atoms with van der Waals surface area (Å²) in [7, 11) is 0. The van der Waals surface area contributed by atoms with E-state index in [1.807, 2.05) is 6.92 Å². The minimum Gasteiger partial charge on any atom is -0.354 e. The van der Waals surface area contributed by atoms with Gasteiger partial charge in [0, 0.05) is 51.2 Å². The highest BCUT2D eigenvalue weighted by Gasteiger charge is 2.48. The summed E-state index contributed by atoms with van der Waals surface area (Å²) in [6.45, 7) is 8.28. The Bertz CT molecular complexity index is 490. The van der Waals surface area contributed by atoms with Crippen LogP contribution in [0.15, 0.2) is 30.3 Å². The highest BCUT2D eigenvalue weighted by molar-refractivity contribution is 5.75. The van der Waals surface area contributed by atoms with Crippen molar-refractivity contribution in [1.82, 2.24) is 15.1 Å². The molecule has 1 aromatic rings. The fourth-order valence-corrected chi connectivity index (χ4v) is 3.36. The van der Waals surface area contributed by atoms with Crippen LogP contribution in [-0.2, 0) is 11.3 Å². The van der Waals surface area contributed by atoms with Gasteiger partial charge in [0.15, 0.2) is 0 Å². The Hall–Kier alpha value is -1.39. The lowest BCUT2D eigenvalue weighted by atomic mass is 10.1. The standard InChI is InChI=1S/C18H27N3O/c1-2-17(22)19-15-18(8-9-18)21-12-10-20(11-13-21)14-16-6-4-3-5-7-16/h3-7H,2,8-15H2,1H3,(H,19,22). The SMILES string of the molecule is CCC(=O)NCC1(N2CCN(Cc3ccccc3)CC2)CC1. The summed E-state index contributed by atoms with van der Waals surface area (Å²) in [5.74, 6) is 0.175. The van der Waals surface area contributed by atoms with Crippen molar-refractivity contribution in [3.05, 3.63) is 35.9 Å². The number of carbonyl (C=O) groups excluding carboxylic acids is 1. The van der Waals surface area contributed by atoms with E-state index in [4.69, 9.17) is 0 Å². The molecule has 0 atom stereocenters. The summed E-state index contributed by atoms with van der Waals surface area (Å²) < 4.78 is 0. The quantitative estimate of drug-likeness (QED) is 0.871. The van der Waals surface area contributed by atoms with Crippen LogP contribution in [-0.4, -0.2) is 54.0 Å². The molecule has 2 aliphatic rings. The van der Waals surface area contributed by atoms with E-state index in [1.54, 1.807) is 0 Å². The van der Waals surface area contributed by atoms with Gasteiger partial charge in [-0.15, -0.1) is 0 Å². The molecule has 4 heteroatoms. The monoisotopic (exact) mass is 301 g/mol. The zero-order valence-electron chi connectivity index (χ0n) is 13.6. The molecule has 1 saturated heterocycles.